The van der Waals surface area contributed by atoms with Crippen LogP contribution in [0.4, 0.5) is 0 Å². The van der Waals surface area contributed by atoms with E-state index < -0.39 is 0 Å². The van der Waals surface area contributed by atoms with Crippen molar-refractivity contribution >= 4 is 11.8 Å². The van der Waals surface area contributed by atoms with E-state index in [-0.39, 0.29) is 30.3 Å². The molecule has 0 radical (unpaired) electrons. The Morgan fingerprint density at radius 1 is 1.48 bits per heavy atom. The monoisotopic (exact) mass is 296 g/mol. The molecular formula is C14H24N4O3. The van der Waals surface area contributed by atoms with E-state index in [2.05, 4.69) is 17.4 Å². The predicted octanol–water partition coefficient (Wildman–Crippen LogP) is -0.509. The van der Waals surface area contributed by atoms with Crippen molar-refractivity contribution < 1.29 is 14.4 Å². The van der Waals surface area contributed by atoms with Gasteiger partial charge in [0.15, 0.2) is 0 Å². The van der Waals surface area contributed by atoms with Gasteiger partial charge in [-0.2, -0.15) is 5.48 Å². The van der Waals surface area contributed by atoms with Gasteiger partial charge in [-0.05, 0) is 18.4 Å². The van der Waals surface area contributed by atoms with Crippen molar-refractivity contribution in [1.29, 1.82) is 0 Å². The van der Waals surface area contributed by atoms with E-state index in [0.717, 1.165) is 12.0 Å². The highest BCUT2D eigenvalue weighted by molar-refractivity contribution is 5.77. The molecule has 0 saturated heterocycles. The molecule has 0 aliphatic carbocycles. The van der Waals surface area contributed by atoms with Crippen LogP contribution in [-0.4, -0.2) is 37.0 Å². The van der Waals surface area contributed by atoms with E-state index in [4.69, 9.17) is 16.3 Å². The Hall–Kier alpha value is -1.70. The second-order valence-corrected chi connectivity index (χ2v) is 5.03. The van der Waals surface area contributed by atoms with Crippen LogP contribution in [0.15, 0.2) is 24.3 Å². The largest absolute Gasteiger partial charge is 0.370 e. The molecule has 0 aromatic carbocycles. The zero-order valence-electron chi connectivity index (χ0n) is 12.1. The van der Waals surface area contributed by atoms with Crippen molar-refractivity contribution in [2.75, 3.05) is 13.2 Å². The van der Waals surface area contributed by atoms with Crippen molar-refractivity contribution in [3.8, 4) is 0 Å². The molecule has 2 amide bonds. The average molecular weight is 296 g/mol. The molecule has 1 aliphatic rings. The molecule has 1 unspecified atom stereocenters. The van der Waals surface area contributed by atoms with Gasteiger partial charge in [0.2, 0.25) is 11.8 Å². The molecule has 1 heterocycles. The number of rotatable bonds is 10. The lowest BCUT2D eigenvalue weighted by Crippen LogP contribution is -2.48. The molecule has 0 spiro atoms. The second-order valence-electron chi connectivity index (χ2n) is 5.03. The van der Waals surface area contributed by atoms with Gasteiger partial charge in [0.1, 0.15) is 0 Å². The number of hydrogen-bond acceptors (Lipinski definition) is 5. The van der Waals surface area contributed by atoms with E-state index in [1.165, 1.54) is 0 Å². The molecule has 0 bridgehead atoms. The minimum absolute atomic E-state index is 0.107. The summed E-state index contributed by atoms with van der Waals surface area (Å²) >= 11 is 0. The number of primary amides is 2. The minimum atomic E-state index is -0.380. The molecule has 1 aliphatic heterocycles. The predicted molar refractivity (Wildman–Crippen MR) is 79.8 cm³/mol. The van der Waals surface area contributed by atoms with Crippen molar-refractivity contribution in [2.45, 2.75) is 37.8 Å². The maximum Gasteiger partial charge on any atom is 0.221 e. The molecule has 0 fully saturated rings. The molecule has 0 saturated carbocycles. The fraction of sp³-hybridized carbons (Fsp3) is 0.571. The first kappa shape index (κ1) is 17.4. The van der Waals surface area contributed by atoms with Crippen LogP contribution < -0.4 is 22.3 Å². The summed E-state index contributed by atoms with van der Waals surface area (Å²) in [4.78, 5) is 27.1. The van der Waals surface area contributed by atoms with Gasteiger partial charge in [0.25, 0.3) is 0 Å². The standard InChI is InChI=1S/C14H24N4O3/c1-2-6-21-18-12-9-17-11(4-3-5-13(15)19)7-10(12)8-14(16)20/h2,7,11-12,17-18H,1,3-6,8-9H2,(H2,15,19)(H2,16,20)/t11?,12-/m0/s1. The molecule has 7 heteroatoms. The van der Waals surface area contributed by atoms with Crippen LogP contribution in [0.5, 0.6) is 0 Å². The third kappa shape index (κ3) is 7.03. The second kappa shape index (κ2) is 9.28. The minimum Gasteiger partial charge on any atom is -0.370 e. The topological polar surface area (TPSA) is 119 Å². The summed E-state index contributed by atoms with van der Waals surface area (Å²) in [6.45, 7) is 4.56. The van der Waals surface area contributed by atoms with Crippen LogP contribution in [0.2, 0.25) is 0 Å². The molecule has 7 nitrogen and oxygen atoms in total. The molecule has 118 valence electrons. The highest BCUT2D eigenvalue weighted by atomic mass is 16.6. The van der Waals surface area contributed by atoms with E-state index in [0.29, 0.717) is 26.0 Å². The Labute approximate surface area is 124 Å². The molecule has 2 atom stereocenters. The van der Waals surface area contributed by atoms with Crippen molar-refractivity contribution in [1.82, 2.24) is 10.8 Å². The summed E-state index contributed by atoms with van der Waals surface area (Å²) in [7, 11) is 0. The summed E-state index contributed by atoms with van der Waals surface area (Å²) in [6.07, 6.45) is 5.64. The average Bonchev–Trinajstić information content (AvgIpc) is 2.40. The number of amides is 2. The first-order chi connectivity index (χ1) is 10.0. The van der Waals surface area contributed by atoms with Gasteiger partial charge in [-0.25, -0.2) is 0 Å². The van der Waals surface area contributed by atoms with Crippen LogP contribution in [0.25, 0.3) is 0 Å². The van der Waals surface area contributed by atoms with Crippen molar-refractivity contribution in [3.63, 3.8) is 0 Å². The quantitative estimate of drug-likeness (QED) is 0.246. The fourth-order valence-electron chi connectivity index (χ4n) is 2.22. The highest BCUT2D eigenvalue weighted by Gasteiger charge is 2.23. The molecule has 1 rings (SSSR count). The van der Waals surface area contributed by atoms with Gasteiger partial charge in [0, 0.05) is 25.4 Å². The lowest BCUT2D eigenvalue weighted by Gasteiger charge is -2.30. The Bertz CT molecular complexity index is 409. The van der Waals surface area contributed by atoms with Crippen molar-refractivity contribution in [3.05, 3.63) is 24.3 Å². The summed E-state index contributed by atoms with van der Waals surface area (Å²) in [5.74, 6) is -0.681. The first-order valence-corrected chi connectivity index (χ1v) is 7.01. The van der Waals surface area contributed by atoms with Gasteiger partial charge in [-0.3, -0.25) is 14.4 Å². The molecule has 6 N–H and O–H groups in total. The normalized spacial score (nSPS) is 21.6. The van der Waals surface area contributed by atoms with Crippen molar-refractivity contribution in [2.24, 2.45) is 11.5 Å². The maximum absolute atomic E-state index is 11.2. The summed E-state index contributed by atoms with van der Waals surface area (Å²) in [5, 5.41) is 3.32. The number of carbonyl (C=O) groups excluding carboxylic acids is 2. The molecule has 0 aromatic rings. The van der Waals surface area contributed by atoms with Crippen LogP contribution in [0, 0.1) is 0 Å². The molecule has 0 aromatic heterocycles. The van der Waals surface area contributed by atoms with Gasteiger partial charge >= 0.3 is 0 Å². The Morgan fingerprint density at radius 2 is 2.24 bits per heavy atom. The zero-order valence-corrected chi connectivity index (χ0v) is 12.1. The SMILES string of the molecule is C=CCON[C@H]1CNC(CCCC(N)=O)C=C1CC(N)=O. The summed E-state index contributed by atoms with van der Waals surface area (Å²) < 4.78 is 0. The molecular weight excluding hydrogens is 272 g/mol. The van der Waals surface area contributed by atoms with Crippen LogP contribution in [0.1, 0.15) is 25.7 Å². The zero-order chi connectivity index (χ0) is 15.7. The number of nitrogens with two attached hydrogens (primary N) is 2. The van der Waals surface area contributed by atoms with Crippen LogP contribution in [0.3, 0.4) is 0 Å². The van der Waals surface area contributed by atoms with Gasteiger partial charge in [0.05, 0.1) is 12.6 Å². The Kier molecular flexibility index (Phi) is 7.66. The summed E-state index contributed by atoms with van der Waals surface area (Å²) in [6, 6.07) is 0.000921. The number of hydrogen-bond donors (Lipinski definition) is 4. The maximum atomic E-state index is 11.2. The van der Waals surface area contributed by atoms with Crippen LogP contribution in [-0.2, 0) is 14.4 Å². The third-order valence-corrected chi connectivity index (χ3v) is 3.19. The Balaban J connectivity index is 2.57. The first-order valence-electron chi connectivity index (χ1n) is 7.01. The Morgan fingerprint density at radius 3 is 2.86 bits per heavy atom. The van der Waals surface area contributed by atoms with Crippen LogP contribution >= 0.6 is 0 Å². The number of nitrogens with one attached hydrogen (secondary N) is 2. The van der Waals surface area contributed by atoms with E-state index in [1.54, 1.807) is 6.08 Å². The highest BCUT2D eigenvalue weighted by Crippen LogP contribution is 2.16. The number of carbonyl (C=O) groups is 2. The van der Waals surface area contributed by atoms with E-state index in [1.807, 2.05) is 6.08 Å². The number of hydroxylamine groups is 1. The van der Waals surface area contributed by atoms with E-state index in [9.17, 15) is 9.59 Å². The fourth-order valence-corrected chi connectivity index (χ4v) is 2.22. The van der Waals surface area contributed by atoms with Gasteiger partial charge in [-0.15, -0.1) is 6.58 Å². The van der Waals surface area contributed by atoms with Gasteiger partial charge in [-0.1, -0.05) is 12.2 Å². The van der Waals surface area contributed by atoms with E-state index >= 15 is 0 Å². The lowest BCUT2D eigenvalue weighted by molar-refractivity contribution is -0.118. The smallest absolute Gasteiger partial charge is 0.221 e. The third-order valence-electron chi connectivity index (χ3n) is 3.19. The summed E-state index contributed by atoms with van der Waals surface area (Å²) in [5.41, 5.74) is 14.2. The van der Waals surface area contributed by atoms with Gasteiger partial charge < -0.3 is 16.8 Å². The molecule has 21 heavy (non-hydrogen) atoms. The lowest BCUT2D eigenvalue weighted by atomic mass is 9.94.